The summed E-state index contributed by atoms with van der Waals surface area (Å²) in [6, 6.07) is 4.16. The number of ether oxygens (including phenoxy) is 2. The highest BCUT2D eigenvalue weighted by Crippen LogP contribution is 2.43. The normalized spacial score (nSPS) is 23.9. The summed E-state index contributed by atoms with van der Waals surface area (Å²) < 4.78 is 50.9. The molecule has 0 atom stereocenters. The average molecular weight is 479 g/mol. The van der Waals surface area contributed by atoms with Gasteiger partial charge in [0.05, 0.1) is 11.1 Å². The van der Waals surface area contributed by atoms with E-state index in [1.165, 1.54) is 6.07 Å². The lowest BCUT2D eigenvalue weighted by Gasteiger charge is -2.44. The molecule has 5 rings (SSSR count). The fourth-order valence-corrected chi connectivity index (χ4v) is 5.82. The molecule has 0 aromatic heterocycles. The van der Waals surface area contributed by atoms with Gasteiger partial charge in [0.15, 0.2) is 0 Å². The van der Waals surface area contributed by atoms with Gasteiger partial charge in [0.2, 0.25) is 0 Å². The van der Waals surface area contributed by atoms with Crippen molar-refractivity contribution in [1.82, 2.24) is 9.80 Å². The summed E-state index contributed by atoms with van der Waals surface area (Å²) in [4.78, 5) is 30.2. The van der Waals surface area contributed by atoms with Crippen LogP contribution < -0.4 is 0 Å². The topological polar surface area (TPSA) is 59.1 Å². The van der Waals surface area contributed by atoms with E-state index in [0.29, 0.717) is 48.6 Å². The molecule has 4 aliphatic heterocycles. The van der Waals surface area contributed by atoms with E-state index in [1.54, 1.807) is 11.8 Å². The first-order valence-corrected chi connectivity index (χ1v) is 11.9. The lowest BCUT2D eigenvalue weighted by Crippen LogP contribution is -2.52. The van der Waals surface area contributed by atoms with Gasteiger partial charge in [-0.3, -0.25) is 9.69 Å². The molecule has 0 bridgehead atoms. The number of esters is 1. The van der Waals surface area contributed by atoms with Crippen LogP contribution in [0.15, 0.2) is 29.3 Å². The zero-order valence-electron chi connectivity index (χ0n) is 19.2. The molecule has 34 heavy (non-hydrogen) atoms. The zero-order chi connectivity index (χ0) is 24.1. The van der Waals surface area contributed by atoms with Crippen LogP contribution in [0.25, 0.3) is 0 Å². The molecule has 0 saturated carbocycles. The third-order valence-electron chi connectivity index (χ3n) is 7.78. The van der Waals surface area contributed by atoms with Crippen molar-refractivity contribution in [1.29, 1.82) is 0 Å². The predicted molar refractivity (Wildman–Crippen MR) is 117 cm³/mol. The number of alkyl halides is 3. The Bertz CT molecular complexity index is 1020. The number of amides is 1. The highest BCUT2D eigenvalue weighted by Gasteiger charge is 2.52. The number of carbonyl (C=O) groups is 2. The Morgan fingerprint density at radius 3 is 2.47 bits per heavy atom. The lowest BCUT2D eigenvalue weighted by molar-refractivity contribution is -0.152. The van der Waals surface area contributed by atoms with Gasteiger partial charge in [-0.25, -0.2) is 4.79 Å². The molecule has 1 spiro atoms. The van der Waals surface area contributed by atoms with E-state index in [-0.39, 0.29) is 12.5 Å². The Hall–Kier alpha value is -2.39. The van der Waals surface area contributed by atoms with Crippen LogP contribution >= 0.6 is 0 Å². The van der Waals surface area contributed by atoms with Gasteiger partial charge in [-0.1, -0.05) is 6.07 Å². The van der Waals surface area contributed by atoms with Crippen LogP contribution in [0.1, 0.15) is 49.3 Å². The lowest BCUT2D eigenvalue weighted by atomic mass is 9.81. The number of halogens is 3. The summed E-state index contributed by atoms with van der Waals surface area (Å²) in [5.74, 6) is -0.773. The van der Waals surface area contributed by atoms with Gasteiger partial charge in [-0.2, -0.15) is 13.2 Å². The molecular weight excluding hydrogens is 449 g/mol. The number of benzene rings is 1. The minimum atomic E-state index is -4.44. The summed E-state index contributed by atoms with van der Waals surface area (Å²) in [5.41, 5.74) is 0.363. The van der Waals surface area contributed by atoms with Gasteiger partial charge in [0.25, 0.3) is 5.91 Å². The first-order valence-electron chi connectivity index (χ1n) is 11.9. The SMILES string of the molecule is CC1=C(C(=O)N2CCc3ccc(C(F)(F)F)cc3C2)C2(CCN(C3CCOCC3)CC2)OC1=O. The molecule has 0 radical (unpaired) electrons. The molecule has 1 amide bonds. The molecule has 9 heteroatoms. The maximum Gasteiger partial charge on any atom is 0.416 e. The van der Waals surface area contributed by atoms with E-state index in [0.717, 1.165) is 56.8 Å². The molecule has 6 nitrogen and oxygen atoms in total. The Labute approximate surface area is 196 Å². The van der Waals surface area contributed by atoms with Crippen molar-refractivity contribution in [2.75, 3.05) is 32.8 Å². The van der Waals surface area contributed by atoms with E-state index in [9.17, 15) is 22.8 Å². The third-order valence-corrected chi connectivity index (χ3v) is 7.78. The van der Waals surface area contributed by atoms with Crippen LogP contribution in [0.4, 0.5) is 13.2 Å². The van der Waals surface area contributed by atoms with Gasteiger partial charge in [-0.05, 0) is 49.4 Å². The number of likely N-dealkylation sites (tertiary alicyclic amines) is 1. The monoisotopic (exact) mass is 478 g/mol. The molecule has 2 saturated heterocycles. The molecule has 0 unspecified atom stereocenters. The Balaban J connectivity index is 1.35. The molecule has 1 aromatic carbocycles. The van der Waals surface area contributed by atoms with Gasteiger partial charge in [0.1, 0.15) is 5.60 Å². The number of hydrogen-bond donors (Lipinski definition) is 0. The smallest absolute Gasteiger partial charge is 0.416 e. The van der Waals surface area contributed by atoms with Crippen molar-refractivity contribution in [3.8, 4) is 0 Å². The summed E-state index contributed by atoms with van der Waals surface area (Å²) in [6.45, 7) is 5.04. The first-order chi connectivity index (χ1) is 16.2. The highest BCUT2D eigenvalue weighted by molar-refractivity contribution is 6.07. The Morgan fingerprint density at radius 1 is 1.09 bits per heavy atom. The summed E-state index contributed by atoms with van der Waals surface area (Å²) in [7, 11) is 0. The van der Waals surface area contributed by atoms with Crippen LogP contribution in [0.2, 0.25) is 0 Å². The third kappa shape index (κ3) is 4.13. The molecule has 2 fully saturated rings. The van der Waals surface area contributed by atoms with E-state index in [2.05, 4.69) is 4.90 Å². The summed E-state index contributed by atoms with van der Waals surface area (Å²) in [5, 5.41) is 0. The number of carbonyl (C=O) groups excluding carboxylic acids is 2. The molecule has 1 aromatic rings. The van der Waals surface area contributed by atoms with Crippen molar-refractivity contribution in [3.05, 3.63) is 46.0 Å². The van der Waals surface area contributed by atoms with Crippen LogP contribution in [0.5, 0.6) is 0 Å². The van der Waals surface area contributed by atoms with E-state index >= 15 is 0 Å². The molecule has 0 aliphatic carbocycles. The maximum atomic E-state index is 13.7. The van der Waals surface area contributed by atoms with Crippen molar-refractivity contribution in [3.63, 3.8) is 0 Å². The second kappa shape index (κ2) is 8.68. The molecule has 4 aliphatic rings. The summed E-state index contributed by atoms with van der Waals surface area (Å²) in [6.07, 6.45) is -0.936. The predicted octanol–water partition coefficient (Wildman–Crippen LogP) is 3.48. The first kappa shape index (κ1) is 23.4. The molecule has 4 heterocycles. The van der Waals surface area contributed by atoms with Crippen molar-refractivity contribution < 1.29 is 32.2 Å². The van der Waals surface area contributed by atoms with Gasteiger partial charge in [-0.15, -0.1) is 0 Å². The summed E-state index contributed by atoms with van der Waals surface area (Å²) >= 11 is 0. The molecule has 0 N–H and O–H groups in total. The van der Waals surface area contributed by atoms with Gasteiger partial charge in [0, 0.05) is 63.8 Å². The van der Waals surface area contributed by atoms with Crippen LogP contribution in [0, 0.1) is 0 Å². The number of fused-ring (bicyclic) bond motifs is 1. The van der Waals surface area contributed by atoms with Crippen LogP contribution in [-0.4, -0.2) is 66.2 Å². The minimum Gasteiger partial charge on any atom is -0.450 e. The van der Waals surface area contributed by atoms with Crippen LogP contribution in [0.3, 0.4) is 0 Å². The van der Waals surface area contributed by atoms with Crippen molar-refractivity contribution in [2.24, 2.45) is 0 Å². The molecular formula is C25H29F3N2O4. The van der Waals surface area contributed by atoms with E-state index in [4.69, 9.17) is 9.47 Å². The van der Waals surface area contributed by atoms with Crippen LogP contribution in [-0.2, 0) is 38.2 Å². The number of nitrogens with zero attached hydrogens (tertiary/aromatic N) is 2. The largest absolute Gasteiger partial charge is 0.450 e. The highest BCUT2D eigenvalue weighted by atomic mass is 19.4. The van der Waals surface area contributed by atoms with Gasteiger partial charge < -0.3 is 14.4 Å². The number of rotatable bonds is 2. The second-order valence-electron chi connectivity index (χ2n) is 9.72. The maximum absolute atomic E-state index is 13.7. The molecule has 184 valence electrons. The van der Waals surface area contributed by atoms with Crippen molar-refractivity contribution >= 4 is 11.9 Å². The second-order valence-corrected chi connectivity index (χ2v) is 9.72. The average Bonchev–Trinajstić information content (AvgIpc) is 3.07. The number of piperidine rings is 1. The Morgan fingerprint density at radius 2 is 1.79 bits per heavy atom. The quantitative estimate of drug-likeness (QED) is 0.610. The standard InChI is InChI=1S/C25H29F3N2O4/c1-16-21(22(31)30-9-4-17-2-3-19(25(26,27)28)14-18(17)15-30)24(34-23(16)32)7-10-29(11-8-24)20-5-12-33-13-6-20/h2-3,14,20H,4-13,15H2,1H3. The Kier molecular flexibility index (Phi) is 5.96. The van der Waals surface area contributed by atoms with Gasteiger partial charge >= 0.3 is 12.1 Å². The van der Waals surface area contributed by atoms with Crippen molar-refractivity contribution in [2.45, 2.75) is 63.4 Å². The fraction of sp³-hybridized carbons (Fsp3) is 0.600. The zero-order valence-corrected chi connectivity index (χ0v) is 19.2. The van der Waals surface area contributed by atoms with E-state index < -0.39 is 23.3 Å². The number of hydrogen-bond acceptors (Lipinski definition) is 5. The van der Waals surface area contributed by atoms with E-state index in [1.807, 2.05) is 0 Å². The minimum absolute atomic E-state index is 0.0906. The fourth-order valence-electron chi connectivity index (χ4n) is 5.82.